The number of ketones is 2. The van der Waals surface area contributed by atoms with Gasteiger partial charge in [0.15, 0.2) is 24.1 Å². The summed E-state index contributed by atoms with van der Waals surface area (Å²) in [6.07, 6.45) is 18.0. The Labute approximate surface area is 677 Å². The summed E-state index contributed by atoms with van der Waals surface area (Å²) < 4.78 is 37.1. The Bertz CT molecular complexity index is 5060. The van der Waals surface area contributed by atoms with Gasteiger partial charge in [-0.05, 0) is 181 Å². The summed E-state index contributed by atoms with van der Waals surface area (Å²) in [5, 5.41) is 11.5. The van der Waals surface area contributed by atoms with E-state index in [9.17, 15) is 43.2 Å². The summed E-state index contributed by atoms with van der Waals surface area (Å²) in [7, 11) is 7.03. The molecular weight excluding hydrogens is 1500 g/mol. The number of aromatic nitrogens is 4. The van der Waals surface area contributed by atoms with Crippen LogP contribution >= 0.6 is 0 Å². The highest BCUT2D eigenvalue weighted by atomic mass is 16.7. The van der Waals surface area contributed by atoms with Gasteiger partial charge in [0.2, 0.25) is 11.8 Å². The van der Waals surface area contributed by atoms with Crippen molar-refractivity contribution in [1.29, 1.82) is 0 Å². The highest BCUT2D eigenvalue weighted by Crippen LogP contribution is 2.41. The van der Waals surface area contributed by atoms with E-state index in [2.05, 4.69) is 32.8 Å². The number of anilines is 5. The molecule has 117 heavy (non-hydrogen) atoms. The largest absolute Gasteiger partial charge is 0.493 e. The van der Waals surface area contributed by atoms with E-state index in [1.807, 2.05) is 104 Å². The van der Waals surface area contributed by atoms with Gasteiger partial charge in [0.25, 0.3) is 23.6 Å². The van der Waals surface area contributed by atoms with Crippen LogP contribution in [-0.4, -0.2) is 164 Å². The third-order valence-corrected chi connectivity index (χ3v) is 20.5. The van der Waals surface area contributed by atoms with E-state index in [0.717, 1.165) is 68.2 Å². The fourth-order valence-electron chi connectivity index (χ4n) is 14.7. The van der Waals surface area contributed by atoms with E-state index in [-0.39, 0.29) is 104 Å². The number of nitrogens with zero attached hydrogens (tertiary/aromatic N) is 8. The normalized spacial score (nSPS) is 16.4. The number of piperidine rings is 2. The molecule has 0 spiro atoms. The second kappa shape index (κ2) is 40.9. The van der Waals surface area contributed by atoms with Crippen molar-refractivity contribution in [2.75, 3.05) is 65.7 Å². The molecule has 3 fully saturated rings. The van der Waals surface area contributed by atoms with Gasteiger partial charge in [-0.3, -0.25) is 43.3 Å². The first-order valence-corrected chi connectivity index (χ1v) is 38.9. The van der Waals surface area contributed by atoms with Gasteiger partial charge < -0.3 is 73.0 Å². The average molecular weight is 1600 g/mol. The summed E-state index contributed by atoms with van der Waals surface area (Å²) in [5.74, 6) is -0.352. The third-order valence-electron chi connectivity index (χ3n) is 20.5. The van der Waals surface area contributed by atoms with Gasteiger partial charge in [0, 0.05) is 128 Å². The van der Waals surface area contributed by atoms with E-state index >= 15 is 0 Å². The molecule has 8 aromatic rings. The molecule has 0 aliphatic carbocycles. The summed E-state index contributed by atoms with van der Waals surface area (Å²) in [4.78, 5) is 162. The molecule has 3 saturated heterocycles. The number of carbonyl (C=O) groups excluding carboxylic acids is 13. The first-order chi connectivity index (χ1) is 56.3. The summed E-state index contributed by atoms with van der Waals surface area (Å²) in [5.41, 5.74) is 11.1. The van der Waals surface area contributed by atoms with Crippen molar-refractivity contribution in [3.63, 3.8) is 0 Å². The first-order valence-electron chi connectivity index (χ1n) is 38.9. The van der Waals surface area contributed by atoms with Gasteiger partial charge in [0.1, 0.15) is 29.5 Å². The number of hydrogen-bond acceptors (Lipinski definition) is 19. The molecule has 4 atom stereocenters. The molecule has 4 aromatic heterocycles. The van der Waals surface area contributed by atoms with E-state index in [1.54, 1.807) is 108 Å². The number of ether oxygens (including phenoxy) is 5. The Morgan fingerprint density at radius 2 is 1.03 bits per heavy atom. The molecule has 4 aromatic carbocycles. The van der Waals surface area contributed by atoms with Crippen molar-refractivity contribution in [2.24, 2.45) is 33.2 Å². The van der Waals surface area contributed by atoms with Crippen LogP contribution in [-0.2, 0) is 84.0 Å². The molecule has 5 aliphatic rings. The van der Waals surface area contributed by atoms with Gasteiger partial charge in [-0.25, -0.2) is 9.69 Å². The van der Waals surface area contributed by atoms with Crippen LogP contribution < -0.4 is 35.6 Å². The predicted molar refractivity (Wildman–Crippen MR) is 433 cm³/mol. The zero-order valence-corrected chi connectivity index (χ0v) is 67.0. The number of nitrogens with one attached hydrogen (secondary N) is 4. The number of fused-ring (bicyclic) bond motifs is 4. The lowest BCUT2D eigenvalue weighted by Gasteiger charge is -2.42. The Morgan fingerprint density at radius 3 is 1.54 bits per heavy atom. The second-order valence-corrected chi connectivity index (χ2v) is 29.4. The van der Waals surface area contributed by atoms with E-state index in [1.165, 1.54) is 11.0 Å². The molecule has 30 heteroatoms. The minimum absolute atomic E-state index is 0.0158. The lowest BCUT2D eigenvalue weighted by atomic mass is 10.00. The lowest BCUT2D eigenvalue weighted by Crippen LogP contribution is -2.57. The van der Waals surface area contributed by atoms with E-state index < -0.39 is 24.7 Å². The van der Waals surface area contributed by atoms with Crippen molar-refractivity contribution in [2.45, 2.75) is 149 Å². The third kappa shape index (κ3) is 22.6. The highest BCUT2D eigenvalue weighted by molar-refractivity contribution is 6.08. The van der Waals surface area contributed by atoms with E-state index in [4.69, 9.17) is 42.9 Å². The molecular formula is C87H98N12O18. The second-order valence-electron chi connectivity index (χ2n) is 29.4. The molecule has 0 saturated carbocycles. The molecule has 30 nitrogen and oxygen atoms in total. The van der Waals surface area contributed by atoms with Crippen LogP contribution in [0.4, 0.5) is 38.9 Å². The maximum atomic E-state index is 14.2. The number of aryl methyl sites for hydroxylation is 8. The number of hydrogen-bond donors (Lipinski definition) is 4. The summed E-state index contributed by atoms with van der Waals surface area (Å²) in [6.45, 7) is 13.7. The molecule has 9 heterocycles. The first kappa shape index (κ1) is 86.5. The molecule has 0 bridgehead atoms. The minimum atomic E-state index is -0.858. The zero-order chi connectivity index (χ0) is 84.0. The molecule has 0 radical (unpaired) electrons. The van der Waals surface area contributed by atoms with Crippen molar-refractivity contribution in [3.8, 4) is 11.5 Å². The van der Waals surface area contributed by atoms with E-state index in [0.29, 0.717) is 142 Å². The number of rotatable bonds is 26. The zero-order valence-electron chi connectivity index (χ0n) is 67.0. The Morgan fingerprint density at radius 1 is 0.547 bits per heavy atom. The molecule has 13 rings (SSSR count). The summed E-state index contributed by atoms with van der Waals surface area (Å²) >= 11 is 0. The number of benzene rings is 4. The number of amides is 7. The quantitative estimate of drug-likeness (QED) is 0.0222. The molecule has 2 unspecified atom stereocenters. The smallest absolute Gasteiger partial charge is 0.416 e. The van der Waals surface area contributed by atoms with Crippen LogP contribution in [0, 0.1) is 27.7 Å². The number of Topliss-reactive ketones (excluding diaryl/α,β-unsaturated/α-hetero) is 2. The lowest BCUT2D eigenvalue weighted by molar-refractivity contribution is -0.198. The van der Waals surface area contributed by atoms with Gasteiger partial charge in [-0.1, -0.05) is 48.0 Å². The Balaban J connectivity index is 0.000000237. The van der Waals surface area contributed by atoms with Crippen LogP contribution in [0.15, 0.2) is 139 Å². The number of carbonyl (C=O) groups is 9. The SMILES string of the molecule is C=CCOC(=O)N1c2cc(OCCCC(=O)Nc3cc(C(=O)Cc4cc(C(=O)Nc5ccc(C)cc5)n(C)c4)n(C)c3)c(C)cc2C(=O)N2CCCC[C@H]2C1OC1CCCCO1.Cc1ccc(NC(=O)c2cc(CC(=O)c3cc(NC(=O)CCCOc4cc5c(cc4C)C(=O)N4CCCC[C@H]4C=N5)cn3C)cn2C)cc1.O=C=O.O=C=O. The van der Waals surface area contributed by atoms with Gasteiger partial charge in [0.05, 0.1) is 70.6 Å². The minimum Gasteiger partial charge on any atom is -0.493 e. The van der Waals surface area contributed by atoms with Crippen molar-refractivity contribution in [1.82, 2.24) is 28.1 Å². The van der Waals surface area contributed by atoms with Crippen LogP contribution in [0.3, 0.4) is 0 Å². The van der Waals surface area contributed by atoms with Crippen LogP contribution in [0.25, 0.3) is 0 Å². The molecule has 7 amide bonds. The predicted octanol–water partition coefficient (Wildman–Crippen LogP) is 12.5. The molecule has 5 aliphatic heterocycles. The van der Waals surface area contributed by atoms with Crippen LogP contribution in [0.2, 0.25) is 0 Å². The number of aliphatic imine (C=N–C) groups is 1. The maximum absolute atomic E-state index is 14.2. The monoisotopic (exact) mass is 1600 g/mol. The Kier molecular flexibility index (Phi) is 30.3. The van der Waals surface area contributed by atoms with Crippen molar-refractivity contribution in [3.05, 3.63) is 202 Å². The summed E-state index contributed by atoms with van der Waals surface area (Å²) in [6, 6.07) is 28.5. The average Bonchev–Trinajstić information content (AvgIpc) is 1.62. The van der Waals surface area contributed by atoms with Crippen LogP contribution in [0.5, 0.6) is 11.5 Å². The van der Waals surface area contributed by atoms with Crippen LogP contribution in [0.1, 0.15) is 180 Å². The van der Waals surface area contributed by atoms with Crippen molar-refractivity contribution < 1.29 is 86.0 Å². The fraction of sp³-hybridized carbons (Fsp3) is 0.379. The van der Waals surface area contributed by atoms with Gasteiger partial charge in [-0.15, -0.1) is 0 Å². The van der Waals surface area contributed by atoms with Gasteiger partial charge in [-0.2, -0.15) is 19.2 Å². The highest BCUT2D eigenvalue weighted by Gasteiger charge is 2.47. The maximum Gasteiger partial charge on any atom is 0.416 e. The van der Waals surface area contributed by atoms with Gasteiger partial charge >= 0.3 is 18.4 Å². The Hall–Kier alpha value is -12.9. The fourth-order valence-corrected chi connectivity index (χ4v) is 14.7. The standard InChI is InChI=1S/C47H56N6O9.C38H42N6O5.2CO2/c1-6-20-61-47(58)53-37-27-41(31(3)23-35(37)45(57)52-19-9-7-12-36(52)46(53)62-43-14-8-10-21-60-43)59-22-11-13-42(55)48-34-26-38(51(5)29-34)40(54)25-32-24-39(50(4)28-32)44(56)49-33-17-15-30(2)16-18-33;1-24-10-12-27(13-11-24)41-37(47)33-17-26(22-42(33)3)18-34(45)32-19-28(23-43(32)4)40-36(46)9-7-15-49-35-20-31-30(16-25(35)2)38(48)44-14-6-5-8-29(44)21-39-31;2*2-1-3/h6,15-18,23-24,26-29,36,43,46H,1,7-14,19-22,25H2,2-5H3,(H,48,55)(H,49,56);10-13,16-17,19-23,29H,5-9,14-15,18H2,1-4H3,(H,40,46)(H,41,47);;/t36-,43?,46?;29-;;/m00../s1. The van der Waals surface area contributed by atoms with Crippen molar-refractivity contribution >= 4 is 106 Å². The topological polar surface area (TPSA) is 358 Å². The molecule has 4 N–H and O–H groups in total. The molecule has 614 valence electrons.